The van der Waals surface area contributed by atoms with Gasteiger partial charge in [-0.3, -0.25) is 4.79 Å². The number of rotatable bonds is 6. The molecule has 0 bridgehead atoms. The van der Waals surface area contributed by atoms with E-state index in [9.17, 15) is 15.2 Å². The summed E-state index contributed by atoms with van der Waals surface area (Å²) < 4.78 is 5.46. The fourth-order valence-corrected chi connectivity index (χ4v) is 2.91. The van der Waals surface area contributed by atoms with Crippen LogP contribution in [0.25, 0.3) is 11.1 Å². The topological polar surface area (TPSA) is 70.3 Å². The van der Waals surface area contributed by atoms with Crippen LogP contribution in [0.4, 0.5) is 0 Å². The average Bonchev–Trinajstić information content (AvgIpc) is 2.55. The van der Waals surface area contributed by atoms with Gasteiger partial charge in [0, 0.05) is 11.1 Å². The van der Waals surface area contributed by atoms with Gasteiger partial charge in [0.1, 0.15) is 11.8 Å². The molecule has 0 saturated heterocycles. The molecule has 0 unspecified atom stereocenters. The molecule has 124 valence electrons. The van der Waals surface area contributed by atoms with Crippen molar-refractivity contribution in [3.8, 4) is 22.9 Å². The van der Waals surface area contributed by atoms with E-state index in [4.69, 9.17) is 4.74 Å². The van der Waals surface area contributed by atoms with Crippen LogP contribution in [0.2, 0.25) is 0 Å². The highest BCUT2D eigenvalue weighted by molar-refractivity contribution is 5.82. The van der Waals surface area contributed by atoms with Crippen molar-refractivity contribution in [2.45, 2.75) is 26.7 Å². The first-order chi connectivity index (χ1) is 11.5. The maximum atomic E-state index is 11.3. The lowest BCUT2D eigenvalue weighted by molar-refractivity contribution is -0.136. The predicted molar refractivity (Wildman–Crippen MR) is 93.0 cm³/mol. The van der Waals surface area contributed by atoms with Gasteiger partial charge < -0.3 is 9.84 Å². The second kappa shape index (κ2) is 7.65. The summed E-state index contributed by atoms with van der Waals surface area (Å²) in [6, 6.07) is 13.5. The van der Waals surface area contributed by atoms with Gasteiger partial charge in [0.05, 0.1) is 19.1 Å². The van der Waals surface area contributed by atoms with E-state index in [2.05, 4.69) is 19.9 Å². The second-order valence-electron chi connectivity index (χ2n) is 6.11. The van der Waals surface area contributed by atoms with E-state index in [1.165, 1.54) is 0 Å². The minimum atomic E-state index is -0.935. The third-order valence-electron chi connectivity index (χ3n) is 3.82. The Hall–Kier alpha value is -2.80. The molecular weight excluding hydrogens is 302 g/mol. The maximum absolute atomic E-state index is 11.3. The Morgan fingerprint density at radius 1 is 1.29 bits per heavy atom. The van der Waals surface area contributed by atoms with E-state index in [1.54, 1.807) is 13.2 Å². The first-order valence-corrected chi connectivity index (χ1v) is 7.88. The molecule has 0 heterocycles. The molecule has 0 amide bonds. The summed E-state index contributed by atoms with van der Waals surface area (Å²) in [5.41, 5.74) is 3.47. The van der Waals surface area contributed by atoms with Gasteiger partial charge in [-0.2, -0.15) is 5.26 Å². The number of hydrogen-bond acceptors (Lipinski definition) is 3. The quantitative estimate of drug-likeness (QED) is 0.870. The first kappa shape index (κ1) is 17.6. The molecule has 0 radical (unpaired) electrons. The van der Waals surface area contributed by atoms with Crippen LogP contribution in [0.1, 0.15) is 30.5 Å². The van der Waals surface area contributed by atoms with Crippen molar-refractivity contribution in [1.29, 1.82) is 5.26 Å². The van der Waals surface area contributed by atoms with Gasteiger partial charge in [0.25, 0.3) is 0 Å². The monoisotopic (exact) mass is 323 g/mol. The Bertz CT molecular complexity index is 774. The lowest BCUT2D eigenvalue weighted by Gasteiger charge is -2.19. The average molecular weight is 323 g/mol. The highest BCUT2D eigenvalue weighted by Gasteiger charge is 2.21. The van der Waals surface area contributed by atoms with E-state index < -0.39 is 5.97 Å². The second-order valence-corrected chi connectivity index (χ2v) is 6.11. The SMILES string of the molecule is COc1cc(CC(=O)O)c(-c2ccccc2)c(C#N)c1CC(C)C. The molecular formula is C20H21NO3. The molecule has 0 aliphatic carbocycles. The Morgan fingerprint density at radius 3 is 2.46 bits per heavy atom. The normalized spacial score (nSPS) is 10.5. The van der Waals surface area contributed by atoms with Gasteiger partial charge in [0.2, 0.25) is 0 Å². The van der Waals surface area contributed by atoms with Gasteiger partial charge in [-0.25, -0.2) is 0 Å². The van der Waals surface area contributed by atoms with Crippen LogP contribution < -0.4 is 4.74 Å². The zero-order chi connectivity index (χ0) is 17.7. The molecule has 0 atom stereocenters. The molecule has 1 N–H and O–H groups in total. The van der Waals surface area contributed by atoms with E-state index in [0.717, 1.165) is 11.1 Å². The number of carboxylic acid groups (broad SMARTS) is 1. The lowest BCUT2D eigenvalue weighted by atomic mass is 9.86. The Kier molecular flexibility index (Phi) is 5.59. The Labute approximate surface area is 142 Å². The molecule has 2 aromatic rings. The zero-order valence-corrected chi connectivity index (χ0v) is 14.2. The largest absolute Gasteiger partial charge is 0.496 e. The number of carboxylic acids is 1. The van der Waals surface area contributed by atoms with E-state index in [0.29, 0.717) is 34.8 Å². The number of aliphatic carboxylic acids is 1. The highest BCUT2D eigenvalue weighted by Crippen LogP contribution is 2.37. The van der Waals surface area contributed by atoms with Gasteiger partial charge in [-0.1, -0.05) is 44.2 Å². The van der Waals surface area contributed by atoms with Gasteiger partial charge in [-0.05, 0) is 29.5 Å². The summed E-state index contributed by atoms with van der Waals surface area (Å²) in [6.07, 6.45) is 0.538. The third kappa shape index (κ3) is 3.75. The molecule has 2 aromatic carbocycles. The van der Waals surface area contributed by atoms with Crippen molar-refractivity contribution in [3.63, 3.8) is 0 Å². The number of nitriles is 1. The Balaban J connectivity index is 2.81. The molecule has 0 saturated carbocycles. The van der Waals surface area contributed by atoms with E-state index >= 15 is 0 Å². The number of methoxy groups -OCH3 is 1. The van der Waals surface area contributed by atoms with Gasteiger partial charge >= 0.3 is 5.97 Å². The first-order valence-electron chi connectivity index (χ1n) is 7.88. The molecule has 2 rings (SSSR count). The van der Waals surface area contributed by atoms with Crippen LogP contribution in [-0.2, 0) is 17.6 Å². The molecule has 24 heavy (non-hydrogen) atoms. The van der Waals surface area contributed by atoms with Crippen molar-refractivity contribution >= 4 is 5.97 Å². The van der Waals surface area contributed by atoms with Gasteiger partial charge in [0.15, 0.2) is 0 Å². The summed E-state index contributed by atoms with van der Waals surface area (Å²) >= 11 is 0. The smallest absolute Gasteiger partial charge is 0.307 e. The van der Waals surface area contributed by atoms with Crippen molar-refractivity contribution in [2.24, 2.45) is 5.92 Å². The van der Waals surface area contributed by atoms with Crippen LogP contribution in [0.15, 0.2) is 36.4 Å². The fraction of sp³-hybridized carbons (Fsp3) is 0.300. The number of benzene rings is 2. The van der Waals surface area contributed by atoms with Gasteiger partial charge in [-0.15, -0.1) is 0 Å². The van der Waals surface area contributed by atoms with Crippen molar-refractivity contribution in [1.82, 2.24) is 0 Å². The maximum Gasteiger partial charge on any atom is 0.307 e. The summed E-state index contributed by atoms with van der Waals surface area (Å²) in [4.78, 5) is 11.3. The number of ether oxygens (including phenoxy) is 1. The molecule has 0 spiro atoms. The van der Waals surface area contributed by atoms with E-state index in [-0.39, 0.29) is 6.42 Å². The third-order valence-corrected chi connectivity index (χ3v) is 3.82. The molecule has 0 aliphatic heterocycles. The summed E-state index contributed by atoms with van der Waals surface area (Å²) in [5, 5.41) is 19.1. The van der Waals surface area contributed by atoms with E-state index in [1.807, 2.05) is 30.3 Å². The Morgan fingerprint density at radius 2 is 1.96 bits per heavy atom. The number of carbonyl (C=O) groups is 1. The number of nitrogens with zero attached hydrogens (tertiary/aromatic N) is 1. The molecule has 0 aliphatic rings. The van der Waals surface area contributed by atoms with Crippen molar-refractivity contribution in [2.75, 3.05) is 7.11 Å². The zero-order valence-electron chi connectivity index (χ0n) is 14.2. The van der Waals surface area contributed by atoms with Crippen LogP contribution >= 0.6 is 0 Å². The van der Waals surface area contributed by atoms with Crippen LogP contribution in [0.3, 0.4) is 0 Å². The molecule has 0 aromatic heterocycles. The minimum Gasteiger partial charge on any atom is -0.496 e. The standard InChI is InChI=1S/C20H21NO3/c1-13(2)9-16-17(12-21)20(14-7-5-4-6-8-14)15(11-19(22)23)10-18(16)24-3/h4-8,10,13H,9,11H2,1-3H3,(H,22,23). The molecule has 4 nitrogen and oxygen atoms in total. The van der Waals surface area contributed by atoms with Crippen LogP contribution in [0.5, 0.6) is 5.75 Å². The van der Waals surface area contributed by atoms with Crippen molar-refractivity contribution < 1.29 is 14.6 Å². The van der Waals surface area contributed by atoms with Crippen LogP contribution in [0, 0.1) is 17.2 Å². The van der Waals surface area contributed by atoms with Crippen molar-refractivity contribution in [3.05, 3.63) is 53.1 Å². The summed E-state index contributed by atoms with van der Waals surface area (Å²) in [6.45, 7) is 4.15. The molecule has 0 fully saturated rings. The van der Waals surface area contributed by atoms with Crippen LogP contribution in [-0.4, -0.2) is 18.2 Å². The minimum absolute atomic E-state index is 0.156. The lowest BCUT2D eigenvalue weighted by Crippen LogP contribution is -2.08. The predicted octanol–water partition coefficient (Wildman–Crippen LogP) is 4.06. The molecule has 4 heteroatoms. The number of hydrogen-bond donors (Lipinski definition) is 1. The fourth-order valence-electron chi connectivity index (χ4n) is 2.91. The highest BCUT2D eigenvalue weighted by atomic mass is 16.5. The summed E-state index contributed by atoms with van der Waals surface area (Å²) in [5.74, 6) is -0.00846. The summed E-state index contributed by atoms with van der Waals surface area (Å²) in [7, 11) is 1.55.